The maximum absolute atomic E-state index is 12.8. The second-order valence-electron chi connectivity index (χ2n) is 7.48. The molecule has 30 heavy (non-hydrogen) atoms. The van der Waals surface area contributed by atoms with E-state index in [1.165, 1.54) is 24.6 Å². The summed E-state index contributed by atoms with van der Waals surface area (Å²) in [6.45, 7) is 5.96. The van der Waals surface area contributed by atoms with E-state index in [1.54, 1.807) is 4.52 Å². The van der Waals surface area contributed by atoms with Gasteiger partial charge in [-0.25, -0.2) is 9.50 Å². The van der Waals surface area contributed by atoms with Crippen molar-refractivity contribution in [3.8, 4) is 0 Å². The number of thioether (sulfide) groups is 1. The minimum absolute atomic E-state index is 0.0417. The van der Waals surface area contributed by atoms with Crippen molar-refractivity contribution in [2.75, 3.05) is 29.6 Å². The van der Waals surface area contributed by atoms with E-state index in [2.05, 4.69) is 25.3 Å². The molecular weight excluding hydrogens is 420 g/mol. The molecule has 1 aromatic carbocycles. The summed E-state index contributed by atoms with van der Waals surface area (Å²) >= 11 is 7.68. The lowest BCUT2D eigenvalue weighted by atomic mass is 10.1. The lowest BCUT2D eigenvalue weighted by Gasteiger charge is -2.22. The van der Waals surface area contributed by atoms with Crippen LogP contribution in [0.15, 0.2) is 23.4 Å². The van der Waals surface area contributed by atoms with Gasteiger partial charge in [0, 0.05) is 35.9 Å². The van der Waals surface area contributed by atoms with Gasteiger partial charge in [0.1, 0.15) is 0 Å². The number of hydrogen-bond acceptors (Lipinski definition) is 6. The fourth-order valence-corrected chi connectivity index (χ4v) is 4.44. The first kappa shape index (κ1) is 20.9. The number of benzene rings is 1. The van der Waals surface area contributed by atoms with Gasteiger partial charge in [0.05, 0.1) is 11.4 Å². The lowest BCUT2D eigenvalue weighted by molar-refractivity contribution is -0.116. The van der Waals surface area contributed by atoms with Crippen LogP contribution in [0, 0.1) is 13.8 Å². The van der Waals surface area contributed by atoms with Gasteiger partial charge in [-0.3, -0.25) is 4.79 Å². The molecule has 2 aromatic heterocycles. The first-order chi connectivity index (χ1) is 14.5. The summed E-state index contributed by atoms with van der Waals surface area (Å²) in [6, 6.07) is 5.69. The summed E-state index contributed by atoms with van der Waals surface area (Å²) in [4.78, 5) is 24.0. The van der Waals surface area contributed by atoms with Gasteiger partial charge in [-0.05, 0) is 63.1 Å². The van der Waals surface area contributed by atoms with Gasteiger partial charge in [0.2, 0.25) is 11.1 Å². The summed E-state index contributed by atoms with van der Waals surface area (Å²) in [5.74, 6) is 0.553. The average molecular weight is 445 g/mol. The minimum Gasteiger partial charge on any atom is -0.370 e. The first-order valence-corrected chi connectivity index (χ1v) is 11.7. The summed E-state index contributed by atoms with van der Waals surface area (Å²) < 4.78 is 1.76. The van der Waals surface area contributed by atoms with Crippen LogP contribution in [0.1, 0.15) is 36.2 Å². The smallest absolute Gasteiger partial charge is 0.253 e. The Labute approximate surface area is 185 Å². The largest absolute Gasteiger partial charge is 0.370 e. The monoisotopic (exact) mass is 444 g/mol. The molecule has 0 atom stereocenters. The van der Waals surface area contributed by atoms with Crippen molar-refractivity contribution in [2.45, 2.75) is 44.7 Å². The number of amides is 1. The quantitative estimate of drug-likeness (QED) is 0.571. The molecule has 1 N–H and O–H groups in total. The highest BCUT2D eigenvalue weighted by molar-refractivity contribution is 7.98. The van der Waals surface area contributed by atoms with Crippen LogP contribution in [0.5, 0.6) is 0 Å². The molecule has 158 valence electrons. The van der Waals surface area contributed by atoms with Crippen LogP contribution >= 0.6 is 23.4 Å². The normalized spacial score (nSPS) is 13.9. The van der Waals surface area contributed by atoms with Crippen molar-refractivity contribution in [3.63, 3.8) is 0 Å². The van der Waals surface area contributed by atoms with Gasteiger partial charge in [0.15, 0.2) is 0 Å². The Morgan fingerprint density at radius 1 is 1.23 bits per heavy atom. The zero-order chi connectivity index (χ0) is 21.3. The third-order valence-corrected chi connectivity index (χ3v) is 6.27. The number of rotatable bonds is 6. The fraction of sp³-hybridized carbons (Fsp3) is 0.429. The number of fused-ring (bicyclic) bond motifs is 1. The van der Waals surface area contributed by atoms with E-state index in [1.807, 2.05) is 38.3 Å². The molecule has 1 amide bonds. The van der Waals surface area contributed by atoms with Crippen LogP contribution in [-0.4, -0.2) is 44.8 Å². The van der Waals surface area contributed by atoms with Crippen LogP contribution in [0.2, 0.25) is 5.02 Å². The number of anilines is 2. The second-order valence-corrected chi connectivity index (χ2v) is 8.69. The van der Waals surface area contributed by atoms with Gasteiger partial charge in [-0.15, -0.1) is 5.10 Å². The summed E-state index contributed by atoms with van der Waals surface area (Å²) in [7, 11) is 0. The van der Waals surface area contributed by atoms with Crippen LogP contribution < -0.4 is 10.2 Å². The number of aryl methyl sites for hydroxylation is 2. The van der Waals surface area contributed by atoms with E-state index in [-0.39, 0.29) is 5.91 Å². The summed E-state index contributed by atoms with van der Waals surface area (Å²) in [5, 5.41) is 8.85. The predicted molar refractivity (Wildman–Crippen MR) is 122 cm³/mol. The number of carbonyl (C=O) groups is 1. The maximum Gasteiger partial charge on any atom is 0.253 e. The number of aromatic nitrogens is 4. The standard InChI is InChI=1S/C21H25ClN6OS/c1-13-16(14(2)28-20(23-13)25-21(26-28)30-3)7-9-19(29)24-17-12-15(22)6-8-18(17)27-10-4-5-11-27/h6,8,12H,4-5,7,9-11H2,1-3H3,(H,24,29). The third kappa shape index (κ3) is 4.25. The SMILES string of the molecule is CSc1nc2nc(C)c(CCC(=O)Nc3cc(Cl)ccc3N3CCCC3)c(C)n2n1. The molecule has 3 heterocycles. The molecule has 3 aromatic rings. The Morgan fingerprint density at radius 2 is 2.00 bits per heavy atom. The lowest BCUT2D eigenvalue weighted by Crippen LogP contribution is -2.21. The molecule has 7 nitrogen and oxygen atoms in total. The Kier molecular flexibility index (Phi) is 6.15. The van der Waals surface area contributed by atoms with E-state index >= 15 is 0 Å². The predicted octanol–water partition coefficient (Wildman–Crippen LogP) is 4.29. The molecule has 0 spiro atoms. The van der Waals surface area contributed by atoms with Crippen molar-refractivity contribution >= 4 is 46.4 Å². The molecule has 0 unspecified atom stereocenters. The van der Waals surface area contributed by atoms with E-state index in [0.29, 0.717) is 28.8 Å². The number of halogens is 1. The Morgan fingerprint density at radius 3 is 2.73 bits per heavy atom. The number of carbonyl (C=O) groups excluding carboxylic acids is 1. The molecule has 1 aliphatic heterocycles. The minimum atomic E-state index is -0.0417. The number of nitrogens with one attached hydrogen (secondary N) is 1. The van der Waals surface area contributed by atoms with Crippen LogP contribution in [0.4, 0.5) is 11.4 Å². The van der Waals surface area contributed by atoms with Crippen molar-refractivity contribution in [3.05, 3.63) is 40.2 Å². The fourth-order valence-electron chi connectivity index (χ4n) is 3.93. The molecule has 0 saturated carbocycles. The van der Waals surface area contributed by atoms with Crippen LogP contribution in [0.3, 0.4) is 0 Å². The van der Waals surface area contributed by atoms with Crippen LogP contribution in [0.25, 0.3) is 5.78 Å². The van der Waals surface area contributed by atoms with Gasteiger partial charge in [-0.2, -0.15) is 4.98 Å². The Balaban J connectivity index is 1.50. The zero-order valence-corrected chi connectivity index (χ0v) is 19.0. The molecule has 9 heteroatoms. The van der Waals surface area contributed by atoms with Crippen molar-refractivity contribution in [1.29, 1.82) is 0 Å². The molecule has 0 radical (unpaired) electrons. The summed E-state index contributed by atoms with van der Waals surface area (Å²) in [5.41, 5.74) is 4.69. The van der Waals surface area contributed by atoms with Crippen molar-refractivity contribution < 1.29 is 4.79 Å². The Bertz CT molecular complexity index is 1090. The molecule has 1 fully saturated rings. The van der Waals surface area contributed by atoms with Gasteiger partial charge < -0.3 is 10.2 Å². The Hall–Kier alpha value is -2.32. The van der Waals surface area contributed by atoms with Gasteiger partial charge in [0.25, 0.3) is 5.78 Å². The molecule has 1 aliphatic rings. The van der Waals surface area contributed by atoms with E-state index in [4.69, 9.17) is 11.6 Å². The van der Waals surface area contributed by atoms with Crippen LogP contribution in [-0.2, 0) is 11.2 Å². The van der Waals surface area contributed by atoms with E-state index < -0.39 is 0 Å². The topological polar surface area (TPSA) is 75.4 Å². The van der Waals surface area contributed by atoms with Gasteiger partial charge in [-0.1, -0.05) is 23.4 Å². The molecule has 1 saturated heterocycles. The van der Waals surface area contributed by atoms with Crippen molar-refractivity contribution in [2.24, 2.45) is 0 Å². The highest BCUT2D eigenvalue weighted by Gasteiger charge is 2.18. The molecular formula is C21H25ClN6OS. The first-order valence-electron chi connectivity index (χ1n) is 10.1. The number of hydrogen-bond donors (Lipinski definition) is 1. The van der Waals surface area contributed by atoms with E-state index in [0.717, 1.165) is 41.4 Å². The van der Waals surface area contributed by atoms with E-state index in [9.17, 15) is 4.79 Å². The second kappa shape index (κ2) is 8.81. The highest BCUT2D eigenvalue weighted by Crippen LogP contribution is 2.31. The molecule has 0 bridgehead atoms. The maximum atomic E-state index is 12.8. The summed E-state index contributed by atoms with van der Waals surface area (Å²) in [6.07, 6.45) is 5.22. The molecule has 4 rings (SSSR count). The zero-order valence-electron chi connectivity index (χ0n) is 17.4. The third-order valence-electron chi connectivity index (χ3n) is 5.49. The highest BCUT2D eigenvalue weighted by atomic mass is 35.5. The molecule has 0 aliphatic carbocycles. The number of nitrogens with zero attached hydrogens (tertiary/aromatic N) is 5. The van der Waals surface area contributed by atoms with Gasteiger partial charge >= 0.3 is 0 Å². The van der Waals surface area contributed by atoms with Crippen molar-refractivity contribution in [1.82, 2.24) is 19.6 Å². The average Bonchev–Trinajstić information content (AvgIpc) is 3.37.